The Kier molecular flexibility index (Phi) is 7.24. The van der Waals surface area contributed by atoms with E-state index in [0.29, 0.717) is 16.0 Å². The minimum absolute atomic E-state index is 0.0612. The second kappa shape index (κ2) is 9.62. The van der Waals surface area contributed by atoms with E-state index in [0.717, 1.165) is 4.90 Å². The number of aryl methyl sites for hydroxylation is 1. The Labute approximate surface area is 166 Å². The zero-order chi connectivity index (χ0) is 20.7. The zero-order valence-electron chi connectivity index (χ0n) is 15.6. The smallest absolute Gasteiger partial charge is 0.333 e. The van der Waals surface area contributed by atoms with Gasteiger partial charge in [-0.2, -0.15) is 5.26 Å². The number of benzene rings is 2. The fourth-order valence-electron chi connectivity index (χ4n) is 2.65. The standard InChI is InChI=1S/C19H12FN3O2S.C2H6/c1-23-11-13(10-21)17(18(23)19(24)22-25)12-6-8-14(9-7-12)26-16-5-3-2-4-15(16)20;1-2/h2-9,11H,1H3;1-2H3. The predicted octanol–water partition coefficient (Wildman–Crippen LogP) is 5.79. The van der Waals surface area contributed by atoms with Crippen molar-refractivity contribution >= 4 is 17.7 Å². The van der Waals surface area contributed by atoms with Crippen molar-refractivity contribution in [3.05, 3.63) is 76.7 Å². The van der Waals surface area contributed by atoms with Crippen LogP contribution in [0, 0.1) is 22.1 Å². The summed E-state index contributed by atoms with van der Waals surface area (Å²) in [5.41, 5.74) is 1.30. The number of carbonyl (C=O) groups excluding carboxylic acids is 1. The van der Waals surface area contributed by atoms with Crippen LogP contribution < -0.4 is 0 Å². The Morgan fingerprint density at radius 2 is 1.79 bits per heavy atom. The maximum atomic E-state index is 13.8. The number of nitriles is 1. The molecule has 1 amide bonds. The molecule has 0 N–H and O–H groups in total. The van der Waals surface area contributed by atoms with Crippen molar-refractivity contribution < 1.29 is 9.18 Å². The van der Waals surface area contributed by atoms with Crippen molar-refractivity contribution in [2.75, 3.05) is 0 Å². The molecule has 0 bridgehead atoms. The molecule has 142 valence electrons. The first kappa shape index (κ1) is 21.1. The Balaban J connectivity index is 0.00000136. The summed E-state index contributed by atoms with van der Waals surface area (Å²) in [7, 11) is 1.57. The molecular weight excluding hydrogens is 377 g/mol. The largest absolute Gasteiger partial charge is 0.345 e. The molecule has 0 saturated carbocycles. The lowest BCUT2D eigenvalue weighted by atomic mass is 10.0. The van der Waals surface area contributed by atoms with Gasteiger partial charge < -0.3 is 4.57 Å². The van der Waals surface area contributed by atoms with Crippen LogP contribution in [0.15, 0.2) is 69.7 Å². The minimum atomic E-state index is -0.936. The van der Waals surface area contributed by atoms with Crippen LogP contribution in [0.3, 0.4) is 0 Å². The van der Waals surface area contributed by atoms with Crippen molar-refractivity contribution in [2.45, 2.75) is 23.6 Å². The Morgan fingerprint density at radius 1 is 1.14 bits per heavy atom. The lowest BCUT2D eigenvalue weighted by Gasteiger charge is -2.06. The third-order valence-electron chi connectivity index (χ3n) is 3.79. The SMILES string of the molecule is CC.Cn1cc(C#N)c(-c2ccc(Sc3ccccc3F)cc2)c1C(=O)N=O. The second-order valence-electron chi connectivity index (χ2n) is 5.44. The van der Waals surface area contributed by atoms with Gasteiger partial charge in [0.25, 0.3) is 0 Å². The molecule has 0 spiro atoms. The molecule has 1 heterocycles. The molecule has 0 atom stereocenters. The van der Waals surface area contributed by atoms with Crippen LogP contribution in [0.5, 0.6) is 0 Å². The number of rotatable bonds is 4. The summed E-state index contributed by atoms with van der Waals surface area (Å²) in [4.78, 5) is 23.8. The van der Waals surface area contributed by atoms with Gasteiger partial charge in [-0.3, -0.25) is 4.79 Å². The quantitative estimate of drug-likeness (QED) is 0.524. The van der Waals surface area contributed by atoms with E-state index in [9.17, 15) is 19.4 Å². The van der Waals surface area contributed by atoms with Gasteiger partial charge in [0, 0.05) is 33.8 Å². The first-order chi connectivity index (χ1) is 13.5. The van der Waals surface area contributed by atoms with Crippen molar-refractivity contribution in [1.29, 1.82) is 5.26 Å². The van der Waals surface area contributed by atoms with E-state index in [1.54, 1.807) is 49.5 Å². The Morgan fingerprint density at radius 3 is 2.36 bits per heavy atom. The van der Waals surface area contributed by atoms with Crippen molar-refractivity contribution in [1.82, 2.24) is 4.57 Å². The summed E-state index contributed by atoms with van der Waals surface area (Å²) >= 11 is 1.27. The molecule has 3 aromatic rings. The molecule has 0 radical (unpaired) electrons. The molecule has 1 aromatic heterocycles. The summed E-state index contributed by atoms with van der Waals surface area (Å²) in [5, 5.41) is 11.8. The van der Waals surface area contributed by atoms with Gasteiger partial charge in [-0.1, -0.05) is 49.9 Å². The van der Waals surface area contributed by atoms with Gasteiger partial charge in [-0.25, -0.2) is 4.39 Å². The number of hydrogen-bond acceptors (Lipinski definition) is 4. The molecule has 0 aliphatic carbocycles. The monoisotopic (exact) mass is 395 g/mol. The third kappa shape index (κ3) is 4.35. The number of carbonyl (C=O) groups is 1. The molecule has 0 saturated heterocycles. The molecule has 28 heavy (non-hydrogen) atoms. The highest BCUT2D eigenvalue weighted by atomic mass is 32.2. The number of nitroso groups, excluding NO2 is 1. The number of nitrogens with zero attached hydrogens (tertiary/aromatic N) is 3. The maximum absolute atomic E-state index is 13.8. The maximum Gasteiger partial charge on any atom is 0.333 e. The van der Waals surface area contributed by atoms with E-state index in [1.165, 1.54) is 28.6 Å². The molecular formula is C21H18FN3O2S. The molecule has 7 heteroatoms. The van der Waals surface area contributed by atoms with Crippen LogP contribution in [-0.2, 0) is 7.05 Å². The van der Waals surface area contributed by atoms with Gasteiger partial charge in [0.1, 0.15) is 17.6 Å². The number of halogens is 1. The number of aromatic nitrogens is 1. The Bertz CT molecular complexity index is 1040. The van der Waals surface area contributed by atoms with Gasteiger partial charge in [-0.15, -0.1) is 4.91 Å². The highest BCUT2D eigenvalue weighted by Gasteiger charge is 2.22. The summed E-state index contributed by atoms with van der Waals surface area (Å²) in [6.07, 6.45) is 1.48. The van der Waals surface area contributed by atoms with E-state index in [-0.39, 0.29) is 17.1 Å². The van der Waals surface area contributed by atoms with Crippen molar-refractivity contribution in [3.63, 3.8) is 0 Å². The molecule has 0 aliphatic heterocycles. The zero-order valence-corrected chi connectivity index (χ0v) is 16.5. The summed E-state index contributed by atoms with van der Waals surface area (Å²) < 4.78 is 15.2. The van der Waals surface area contributed by atoms with Crippen LogP contribution in [-0.4, -0.2) is 10.5 Å². The predicted molar refractivity (Wildman–Crippen MR) is 108 cm³/mol. The van der Waals surface area contributed by atoms with Crippen LogP contribution in [0.1, 0.15) is 29.9 Å². The normalized spacial score (nSPS) is 9.82. The fraction of sp³-hybridized carbons (Fsp3) is 0.143. The molecule has 0 unspecified atom stereocenters. The first-order valence-electron chi connectivity index (χ1n) is 8.55. The first-order valence-corrected chi connectivity index (χ1v) is 9.36. The average Bonchev–Trinajstić information content (AvgIpc) is 3.07. The fourth-order valence-corrected chi connectivity index (χ4v) is 3.49. The van der Waals surface area contributed by atoms with Crippen LogP contribution in [0.25, 0.3) is 11.1 Å². The summed E-state index contributed by atoms with van der Waals surface area (Å²) in [5.74, 6) is -1.24. The van der Waals surface area contributed by atoms with E-state index >= 15 is 0 Å². The van der Waals surface area contributed by atoms with Gasteiger partial charge >= 0.3 is 5.91 Å². The van der Waals surface area contributed by atoms with Crippen LogP contribution in [0.2, 0.25) is 0 Å². The molecule has 5 nitrogen and oxygen atoms in total. The molecule has 0 aliphatic rings. The van der Waals surface area contributed by atoms with Crippen LogP contribution in [0.4, 0.5) is 4.39 Å². The van der Waals surface area contributed by atoms with Gasteiger partial charge in [0.15, 0.2) is 0 Å². The lowest BCUT2D eigenvalue weighted by molar-refractivity contribution is 0.0994. The molecule has 0 fully saturated rings. The molecule has 2 aromatic carbocycles. The van der Waals surface area contributed by atoms with Crippen molar-refractivity contribution in [2.24, 2.45) is 12.2 Å². The Hall–Kier alpha value is -3.24. The van der Waals surface area contributed by atoms with Gasteiger partial charge in [0.2, 0.25) is 0 Å². The van der Waals surface area contributed by atoms with Crippen LogP contribution >= 0.6 is 11.8 Å². The second-order valence-corrected chi connectivity index (χ2v) is 6.56. The minimum Gasteiger partial charge on any atom is -0.345 e. The van der Waals surface area contributed by atoms with Crippen molar-refractivity contribution in [3.8, 4) is 17.2 Å². The molecule has 3 rings (SSSR count). The van der Waals surface area contributed by atoms with Gasteiger partial charge in [0.05, 0.1) is 5.56 Å². The third-order valence-corrected chi connectivity index (χ3v) is 4.85. The van der Waals surface area contributed by atoms with E-state index in [2.05, 4.69) is 5.18 Å². The van der Waals surface area contributed by atoms with E-state index in [4.69, 9.17) is 0 Å². The summed E-state index contributed by atoms with van der Waals surface area (Å²) in [6.45, 7) is 4.00. The topological polar surface area (TPSA) is 75.2 Å². The highest BCUT2D eigenvalue weighted by Crippen LogP contribution is 2.34. The van der Waals surface area contributed by atoms with Gasteiger partial charge in [-0.05, 0) is 29.8 Å². The highest BCUT2D eigenvalue weighted by molar-refractivity contribution is 7.99. The number of amides is 1. The van der Waals surface area contributed by atoms with E-state index in [1.807, 2.05) is 19.9 Å². The average molecular weight is 395 g/mol. The number of hydrogen-bond donors (Lipinski definition) is 0. The van der Waals surface area contributed by atoms with E-state index < -0.39 is 5.91 Å². The summed E-state index contributed by atoms with van der Waals surface area (Å²) in [6, 6.07) is 15.5. The lowest BCUT2D eigenvalue weighted by Crippen LogP contribution is -2.03.